The Hall–Kier alpha value is -1.03. The number of hydrogen-bond donors (Lipinski definition) is 0. The zero-order valence-electron chi connectivity index (χ0n) is 10.4. The molecule has 4 nitrogen and oxygen atoms in total. The van der Waals surface area contributed by atoms with Gasteiger partial charge in [-0.25, -0.2) is 0 Å². The number of aryl methyl sites for hydroxylation is 1. The second kappa shape index (κ2) is 4.87. The molecule has 1 fully saturated rings. The van der Waals surface area contributed by atoms with E-state index in [-0.39, 0.29) is 0 Å². The molecule has 1 saturated heterocycles. The van der Waals surface area contributed by atoms with Crippen LogP contribution in [0.1, 0.15) is 31.7 Å². The molecule has 1 aromatic heterocycles. The van der Waals surface area contributed by atoms with Gasteiger partial charge in [0, 0.05) is 31.9 Å². The maximum atomic E-state index is 5.38. The maximum absolute atomic E-state index is 5.38. The van der Waals surface area contributed by atoms with Gasteiger partial charge in [0.2, 0.25) is 0 Å². The third kappa shape index (κ3) is 2.21. The van der Waals surface area contributed by atoms with Crippen LogP contribution in [0.4, 0.5) is 5.82 Å². The number of anilines is 1. The van der Waals surface area contributed by atoms with Crippen LogP contribution in [0.25, 0.3) is 0 Å². The van der Waals surface area contributed by atoms with Gasteiger partial charge in [0.25, 0.3) is 0 Å². The van der Waals surface area contributed by atoms with Crippen molar-refractivity contribution in [3.63, 3.8) is 0 Å². The van der Waals surface area contributed by atoms with E-state index in [0.717, 1.165) is 38.5 Å². The fourth-order valence-electron chi connectivity index (χ4n) is 2.08. The topological polar surface area (TPSA) is 30.3 Å². The van der Waals surface area contributed by atoms with Crippen LogP contribution >= 0.6 is 0 Å². The number of aromatic nitrogens is 2. The fourth-order valence-corrected chi connectivity index (χ4v) is 2.08. The smallest absolute Gasteiger partial charge is 0.154 e. The van der Waals surface area contributed by atoms with E-state index in [9.17, 15) is 0 Å². The highest BCUT2D eigenvalue weighted by Crippen LogP contribution is 2.28. The first-order valence-corrected chi connectivity index (χ1v) is 6.08. The highest BCUT2D eigenvalue weighted by atomic mass is 16.5. The fraction of sp³-hybridized carbons (Fsp3) is 0.750. The molecule has 0 N–H and O–H groups in total. The van der Waals surface area contributed by atoms with Gasteiger partial charge in [-0.05, 0) is 12.3 Å². The average Bonchev–Trinajstić information content (AvgIpc) is 2.71. The van der Waals surface area contributed by atoms with Gasteiger partial charge in [-0.15, -0.1) is 0 Å². The highest BCUT2D eigenvalue weighted by molar-refractivity contribution is 5.48. The van der Waals surface area contributed by atoms with E-state index >= 15 is 0 Å². The van der Waals surface area contributed by atoms with Gasteiger partial charge < -0.3 is 9.64 Å². The Labute approximate surface area is 97.2 Å². The molecular formula is C12H21N3O. The summed E-state index contributed by atoms with van der Waals surface area (Å²) in [4.78, 5) is 2.34. The molecule has 0 aromatic carbocycles. The first-order valence-electron chi connectivity index (χ1n) is 6.08. The minimum Gasteiger partial charge on any atom is -0.378 e. The Morgan fingerprint density at radius 2 is 2.12 bits per heavy atom. The molecule has 90 valence electrons. The number of nitrogens with zero attached hydrogens (tertiary/aromatic N) is 3. The van der Waals surface area contributed by atoms with Crippen LogP contribution in [-0.2, 0) is 11.8 Å². The Balaban J connectivity index is 2.24. The molecule has 0 saturated carbocycles. The molecule has 0 aliphatic carbocycles. The summed E-state index contributed by atoms with van der Waals surface area (Å²) < 4.78 is 7.30. The normalized spacial score (nSPS) is 18.8. The summed E-state index contributed by atoms with van der Waals surface area (Å²) in [5, 5.41) is 4.59. The van der Waals surface area contributed by atoms with E-state index in [1.54, 1.807) is 0 Å². The van der Waals surface area contributed by atoms with E-state index in [2.05, 4.69) is 30.0 Å². The quantitative estimate of drug-likeness (QED) is 0.782. The molecule has 2 rings (SSSR count). The summed E-state index contributed by atoms with van der Waals surface area (Å²) in [6.07, 6.45) is 3.31. The van der Waals surface area contributed by atoms with Crippen molar-refractivity contribution in [1.82, 2.24) is 9.78 Å². The molecule has 1 aliphatic heterocycles. The molecule has 16 heavy (non-hydrogen) atoms. The van der Waals surface area contributed by atoms with Crippen molar-refractivity contribution < 1.29 is 4.74 Å². The number of ether oxygens (including phenoxy) is 1. The van der Waals surface area contributed by atoms with Crippen molar-refractivity contribution in [2.75, 3.05) is 31.2 Å². The zero-order chi connectivity index (χ0) is 11.5. The maximum Gasteiger partial charge on any atom is 0.154 e. The largest absolute Gasteiger partial charge is 0.378 e. The third-order valence-corrected chi connectivity index (χ3v) is 3.29. The van der Waals surface area contributed by atoms with Crippen LogP contribution in [0.3, 0.4) is 0 Å². The number of morpholine rings is 1. The molecule has 1 atom stereocenters. The molecule has 1 aliphatic rings. The van der Waals surface area contributed by atoms with Crippen molar-refractivity contribution in [2.24, 2.45) is 7.05 Å². The van der Waals surface area contributed by atoms with Gasteiger partial charge in [-0.3, -0.25) is 4.68 Å². The Morgan fingerprint density at radius 1 is 1.44 bits per heavy atom. The Kier molecular flexibility index (Phi) is 3.49. The van der Waals surface area contributed by atoms with Crippen LogP contribution < -0.4 is 4.90 Å². The lowest BCUT2D eigenvalue weighted by Gasteiger charge is -2.28. The summed E-state index contributed by atoms with van der Waals surface area (Å²) >= 11 is 0. The van der Waals surface area contributed by atoms with Crippen LogP contribution in [0, 0.1) is 0 Å². The van der Waals surface area contributed by atoms with Crippen LogP contribution in [-0.4, -0.2) is 36.1 Å². The van der Waals surface area contributed by atoms with E-state index in [1.807, 2.05) is 11.7 Å². The van der Waals surface area contributed by atoms with Crippen molar-refractivity contribution in [1.29, 1.82) is 0 Å². The van der Waals surface area contributed by atoms with Gasteiger partial charge in [0.15, 0.2) is 5.82 Å². The van der Waals surface area contributed by atoms with E-state index in [0.29, 0.717) is 5.92 Å². The molecule has 0 spiro atoms. The predicted octanol–water partition coefficient (Wildman–Crippen LogP) is 1.77. The summed E-state index contributed by atoms with van der Waals surface area (Å²) in [5.74, 6) is 1.73. The van der Waals surface area contributed by atoms with Crippen molar-refractivity contribution in [3.8, 4) is 0 Å². The molecule has 1 unspecified atom stereocenters. The molecule has 1 aromatic rings. The van der Waals surface area contributed by atoms with Crippen LogP contribution in [0.2, 0.25) is 0 Å². The molecule has 0 amide bonds. The molecule has 0 bridgehead atoms. The third-order valence-electron chi connectivity index (χ3n) is 3.29. The van der Waals surface area contributed by atoms with Gasteiger partial charge in [-0.2, -0.15) is 5.10 Å². The van der Waals surface area contributed by atoms with Crippen molar-refractivity contribution in [3.05, 3.63) is 11.8 Å². The Morgan fingerprint density at radius 3 is 2.75 bits per heavy atom. The lowest BCUT2D eigenvalue weighted by molar-refractivity contribution is 0.122. The second-order valence-electron chi connectivity index (χ2n) is 4.49. The summed E-state index contributed by atoms with van der Waals surface area (Å²) in [7, 11) is 2.00. The van der Waals surface area contributed by atoms with Gasteiger partial charge in [-0.1, -0.05) is 13.8 Å². The molecule has 0 radical (unpaired) electrons. The van der Waals surface area contributed by atoms with Gasteiger partial charge in [0.05, 0.1) is 13.2 Å². The minimum absolute atomic E-state index is 0.576. The number of rotatable bonds is 3. The highest BCUT2D eigenvalue weighted by Gasteiger charge is 2.20. The van der Waals surface area contributed by atoms with E-state index in [1.165, 1.54) is 5.56 Å². The minimum atomic E-state index is 0.576. The van der Waals surface area contributed by atoms with E-state index < -0.39 is 0 Å². The second-order valence-corrected chi connectivity index (χ2v) is 4.49. The molecule has 2 heterocycles. The number of hydrogen-bond acceptors (Lipinski definition) is 3. The Bertz CT molecular complexity index is 342. The van der Waals surface area contributed by atoms with Crippen LogP contribution in [0.15, 0.2) is 6.20 Å². The lowest BCUT2D eigenvalue weighted by atomic mass is 10.0. The summed E-state index contributed by atoms with van der Waals surface area (Å²) in [5.41, 5.74) is 1.37. The van der Waals surface area contributed by atoms with Crippen molar-refractivity contribution in [2.45, 2.75) is 26.2 Å². The average molecular weight is 223 g/mol. The van der Waals surface area contributed by atoms with Crippen LogP contribution in [0.5, 0.6) is 0 Å². The van der Waals surface area contributed by atoms with E-state index in [4.69, 9.17) is 4.74 Å². The first-order chi connectivity index (χ1) is 7.72. The summed E-state index contributed by atoms with van der Waals surface area (Å²) in [6.45, 7) is 8.04. The SMILES string of the molecule is CCC(C)c1cn(C)nc1N1CCOCC1. The zero-order valence-corrected chi connectivity index (χ0v) is 10.4. The predicted molar refractivity (Wildman–Crippen MR) is 64.9 cm³/mol. The molecule has 4 heteroatoms. The molecular weight excluding hydrogens is 202 g/mol. The van der Waals surface area contributed by atoms with Gasteiger partial charge >= 0.3 is 0 Å². The lowest BCUT2D eigenvalue weighted by Crippen LogP contribution is -2.37. The van der Waals surface area contributed by atoms with Gasteiger partial charge in [0.1, 0.15) is 0 Å². The summed E-state index contributed by atoms with van der Waals surface area (Å²) in [6, 6.07) is 0. The monoisotopic (exact) mass is 223 g/mol. The standard InChI is InChI=1S/C12H21N3O/c1-4-10(2)11-9-14(3)13-12(11)15-5-7-16-8-6-15/h9-10H,4-8H2,1-3H3. The first kappa shape index (κ1) is 11.5. The van der Waals surface area contributed by atoms with Crippen molar-refractivity contribution >= 4 is 5.82 Å².